The van der Waals surface area contributed by atoms with Crippen molar-refractivity contribution in [2.75, 3.05) is 32.8 Å². The van der Waals surface area contributed by atoms with E-state index >= 15 is 0 Å². The zero-order valence-corrected chi connectivity index (χ0v) is 16.2. The molecule has 0 unspecified atom stereocenters. The molecule has 0 bridgehead atoms. The summed E-state index contributed by atoms with van der Waals surface area (Å²) < 4.78 is 6.01. The van der Waals surface area contributed by atoms with Crippen molar-refractivity contribution in [1.29, 1.82) is 0 Å². The van der Waals surface area contributed by atoms with Gasteiger partial charge in [-0.3, -0.25) is 4.90 Å². The summed E-state index contributed by atoms with van der Waals surface area (Å²) >= 11 is 0. The van der Waals surface area contributed by atoms with Gasteiger partial charge in [-0.15, -0.1) is 0 Å². The van der Waals surface area contributed by atoms with Crippen LogP contribution in [0, 0.1) is 5.41 Å². The highest BCUT2D eigenvalue weighted by atomic mass is 16.5. The molecule has 3 rings (SSSR count). The van der Waals surface area contributed by atoms with E-state index in [1.807, 2.05) is 36.4 Å². The molecule has 1 heterocycles. The number of hydrogen-bond donors (Lipinski definition) is 2. The third-order valence-corrected chi connectivity index (χ3v) is 5.70. The molecule has 146 valence electrons. The zero-order valence-electron chi connectivity index (χ0n) is 16.2. The molecular formula is C23H31NO3. The molecule has 0 radical (unpaired) electrons. The topological polar surface area (TPSA) is 52.9 Å². The molecule has 1 fully saturated rings. The maximum atomic E-state index is 10.7. The Balaban J connectivity index is 1.60. The first kappa shape index (κ1) is 19.9. The van der Waals surface area contributed by atoms with E-state index in [9.17, 15) is 10.2 Å². The Hall–Kier alpha value is -1.88. The van der Waals surface area contributed by atoms with Gasteiger partial charge >= 0.3 is 0 Å². The van der Waals surface area contributed by atoms with Crippen LogP contribution in [0.2, 0.25) is 0 Å². The molecule has 2 N–H and O–H groups in total. The van der Waals surface area contributed by atoms with Crippen molar-refractivity contribution in [1.82, 2.24) is 4.90 Å². The van der Waals surface area contributed by atoms with E-state index in [-0.39, 0.29) is 6.61 Å². The van der Waals surface area contributed by atoms with Gasteiger partial charge in [0.2, 0.25) is 0 Å². The minimum atomic E-state index is -0.513. The van der Waals surface area contributed by atoms with Crippen molar-refractivity contribution in [2.45, 2.75) is 32.3 Å². The van der Waals surface area contributed by atoms with Gasteiger partial charge in [-0.1, -0.05) is 55.5 Å². The normalized spacial score (nSPS) is 23.3. The number of piperidine rings is 1. The smallest absolute Gasteiger partial charge is 0.122 e. The Bertz CT molecular complexity index is 706. The Kier molecular flexibility index (Phi) is 6.89. The first-order valence-electron chi connectivity index (χ1n) is 9.93. The molecule has 0 saturated carbocycles. The summed E-state index contributed by atoms with van der Waals surface area (Å²) in [7, 11) is 0. The monoisotopic (exact) mass is 369 g/mol. The minimum Gasteiger partial charge on any atom is -0.492 e. The zero-order chi connectivity index (χ0) is 19.1. The molecule has 1 aliphatic rings. The summed E-state index contributed by atoms with van der Waals surface area (Å²) in [5.41, 5.74) is 1.86. The molecule has 0 spiro atoms. The highest BCUT2D eigenvalue weighted by molar-refractivity contribution is 5.33. The van der Waals surface area contributed by atoms with Gasteiger partial charge in [0, 0.05) is 25.0 Å². The molecule has 1 aliphatic heterocycles. The van der Waals surface area contributed by atoms with Gasteiger partial charge < -0.3 is 14.9 Å². The lowest BCUT2D eigenvalue weighted by molar-refractivity contribution is -0.0763. The SMILES string of the molecule is CCc1ccccc1OCCN1CC[C@H](O)[C@](CO)(Cc2ccccc2)C1. The van der Waals surface area contributed by atoms with Crippen molar-refractivity contribution in [2.24, 2.45) is 5.41 Å². The van der Waals surface area contributed by atoms with E-state index in [0.29, 0.717) is 26.0 Å². The quantitative estimate of drug-likeness (QED) is 0.751. The number of aliphatic hydroxyl groups excluding tert-OH is 2. The van der Waals surface area contributed by atoms with Crippen molar-refractivity contribution in [3.8, 4) is 5.75 Å². The average molecular weight is 370 g/mol. The third kappa shape index (κ3) is 4.89. The van der Waals surface area contributed by atoms with Gasteiger partial charge in [-0.25, -0.2) is 0 Å². The molecule has 1 saturated heterocycles. The predicted octanol–water partition coefficient (Wildman–Crippen LogP) is 2.92. The van der Waals surface area contributed by atoms with Crippen LogP contribution in [0.4, 0.5) is 0 Å². The first-order chi connectivity index (χ1) is 13.2. The summed E-state index contributed by atoms with van der Waals surface area (Å²) in [4.78, 5) is 2.31. The van der Waals surface area contributed by atoms with Crippen molar-refractivity contribution < 1.29 is 14.9 Å². The average Bonchev–Trinajstić information content (AvgIpc) is 2.71. The largest absolute Gasteiger partial charge is 0.492 e. The molecule has 4 heteroatoms. The Morgan fingerprint density at radius 1 is 1.11 bits per heavy atom. The maximum absolute atomic E-state index is 10.7. The maximum Gasteiger partial charge on any atom is 0.122 e. The van der Waals surface area contributed by atoms with E-state index in [1.165, 1.54) is 5.56 Å². The Labute approximate surface area is 162 Å². The van der Waals surface area contributed by atoms with Crippen molar-refractivity contribution in [3.63, 3.8) is 0 Å². The molecule has 27 heavy (non-hydrogen) atoms. The van der Waals surface area contributed by atoms with Crippen molar-refractivity contribution in [3.05, 3.63) is 65.7 Å². The molecule has 0 amide bonds. The number of ether oxygens (including phenoxy) is 1. The Morgan fingerprint density at radius 2 is 1.85 bits per heavy atom. The summed E-state index contributed by atoms with van der Waals surface area (Å²) in [6.45, 7) is 5.03. The van der Waals surface area contributed by atoms with Gasteiger partial charge in [0.05, 0.1) is 12.7 Å². The Morgan fingerprint density at radius 3 is 2.59 bits per heavy atom. The lowest BCUT2D eigenvalue weighted by Crippen LogP contribution is -2.55. The van der Waals surface area contributed by atoms with E-state index in [4.69, 9.17) is 4.74 Å². The van der Waals surface area contributed by atoms with Crippen LogP contribution in [0.15, 0.2) is 54.6 Å². The van der Waals surface area contributed by atoms with Crippen LogP contribution in [0.25, 0.3) is 0 Å². The van der Waals surface area contributed by atoms with Crippen LogP contribution in [0.5, 0.6) is 5.75 Å². The van der Waals surface area contributed by atoms with Gasteiger partial charge in [-0.2, -0.15) is 0 Å². The number of aryl methyl sites for hydroxylation is 1. The van der Waals surface area contributed by atoms with E-state index in [2.05, 4.69) is 30.0 Å². The van der Waals surface area contributed by atoms with E-state index in [0.717, 1.165) is 30.8 Å². The number of aliphatic hydroxyl groups is 2. The van der Waals surface area contributed by atoms with Crippen LogP contribution in [-0.2, 0) is 12.8 Å². The minimum absolute atomic E-state index is 0.0148. The molecular weight excluding hydrogens is 338 g/mol. The van der Waals surface area contributed by atoms with E-state index in [1.54, 1.807) is 0 Å². The number of benzene rings is 2. The second-order valence-corrected chi connectivity index (χ2v) is 7.57. The third-order valence-electron chi connectivity index (χ3n) is 5.70. The fraction of sp³-hybridized carbons (Fsp3) is 0.478. The van der Waals surface area contributed by atoms with Crippen LogP contribution < -0.4 is 4.74 Å². The van der Waals surface area contributed by atoms with Gasteiger partial charge in [0.25, 0.3) is 0 Å². The van der Waals surface area contributed by atoms with Crippen LogP contribution in [-0.4, -0.2) is 54.1 Å². The van der Waals surface area contributed by atoms with Gasteiger partial charge in [-0.05, 0) is 36.5 Å². The molecule has 2 aromatic carbocycles. The van der Waals surface area contributed by atoms with E-state index < -0.39 is 11.5 Å². The van der Waals surface area contributed by atoms with Crippen LogP contribution >= 0.6 is 0 Å². The van der Waals surface area contributed by atoms with Gasteiger partial charge in [0.1, 0.15) is 12.4 Å². The number of hydrogen-bond acceptors (Lipinski definition) is 4. The summed E-state index contributed by atoms with van der Waals surface area (Å²) in [5.74, 6) is 0.953. The highest BCUT2D eigenvalue weighted by Gasteiger charge is 2.42. The van der Waals surface area contributed by atoms with Gasteiger partial charge in [0.15, 0.2) is 0 Å². The molecule has 0 aliphatic carbocycles. The lowest BCUT2D eigenvalue weighted by Gasteiger charge is -2.45. The fourth-order valence-corrected chi connectivity index (χ4v) is 4.04. The first-order valence-corrected chi connectivity index (χ1v) is 9.93. The lowest BCUT2D eigenvalue weighted by atomic mass is 9.73. The standard InChI is InChI=1S/C23H31NO3/c1-2-20-10-6-7-11-21(20)27-15-14-24-13-12-22(26)23(17-24,18-25)16-19-8-4-3-5-9-19/h3-11,22,25-26H,2,12-18H2,1H3/t22-,23+/m0/s1. The summed E-state index contributed by atoms with van der Waals surface area (Å²) in [5, 5.41) is 20.8. The predicted molar refractivity (Wildman–Crippen MR) is 108 cm³/mol. The number of likely N-dealkylation sites (tertiary alicyclic amines) is 1. The van der Waals surface area contributed by atoms with Crippen molar-refractivity contribution >= 4 is 0 Å². The van der Waals surface area contributed by atoms with Crippen LogP contribution in [0.3, 0.4) is 0 Å². The number of rotatable bonds is 8. The number of para-hydroxylation sites is 1. The summed E-state index contributed by atoms with van der Waals surface area (Å²) in [6.07, 6.45) is 1.83. The highest BCUT2D eigenvalue weighted by Crippen LogP contribution is 2.33. The van der Waals surface area contributed by atoms with Crippen LogP contribution in [0.1, 0.15) is 24.5 Å². The summed E-state index contributed by atoms with van der Waals surface area (Å²) in [6, 6.07) is 18.3. The second-order valence-electron chi connectivity index (χ2n) is 7.57. The molecule has 2 atom stereocenters. The fourth-order valence-electron chi connectivity index (χ4n) is 4.04. The number of nitrogens with zero attached hydrogens (tertiary/aromatic N) is 1. The second kappa shape index (κ2) is 9.36. The molecule has 2 aromatic rings. The molecule has 0 aromatic heterocycles. The molecule has 4 nitrogen and oxygen atoms in total.